The molecule has 1 amide bonds. The maximum Gasteiger partial charge on any atom is 0.271 e. The van der Waals surface area contributed by atoms with Crippen LogP contribution in [0, 0.1) is 10.1 Å². The van der Waals surface area contributed by atoms with Crippen LogP contribution in [0.25, 0.3) is 0 Å². The van der Waals surface area contributed by atoms with Gasteiger partial charge in [-0.05, 0) is 48.4 Å². The SMILES string of the molecule is O=C(COc1ccc(S(=O)(=O)N2CCc3ccccc32)cc1)Nc1cccc([N+](=O)[O-])c1. The molecule has 32 heavy (non-hydrogen) atoms. The van der Waals surface area contributed by atoms with Crippen LogP contribution in [0.5, 0.6) is 5.75 Å². The van der Waals surface area contributed by atoms with Gasteiger partial charge in [0, 0.05) is 24.4 Å². The van der Waals surface area contributed by atoms with Crippen molar-refractivity contribution < 1.29 is 22.9 Å². The van der Waals surface area contributed by atoms with Gasteiger partial charge in [0.1, 0.15) is 5.75 Å². The molecule has 0 saturated carbocycles. The standard InChI is InChI=1S/C22H19N3O6S/c26-22(23-17-5-3-6-18(14-17)25(27)28)15-31-19-8-10-20(11-9-19)32(29,30)24-13-12-16-4-1-2-7-21(16)24/h1-11,14H,12-13,15H2,(H,23,26). The third-order valence-corrected chi connectivity index (χ3v) is 6.79. The van der Waals surface area contributed by atoms with Gasteiger partial charge in [-0.2, -0.15) is 0 Å². The largest absolute Gasteiger partial charge is 0.484 e. The Hall–Kier alpha value is -3.92. The number of nitrogens with one attached hydrogen (secondary N) is 1. The molecule has 0 unspecified atom stereocenters. The summed E-state index contributed by atoms with van der Waals surface area (Å²) in [6, 6.07) is 18.8. The van der Waals surface area contributed by atoms with Crippen molar-refractivity contribution in [2.45, 2.75) is 11.3 Å². The number of anilines is 2. The molecule has 0 atom stereocenters. The van der Waals surface area contributed by atoms with E-state index in [0.29, 0.717) is 24.4 Å². The van der Waals surface area contributed by atoms with E-state index in [9.17, 15) is 23.3 Å². The number of nitrogens with zero attached hydrogens (tertiary/aromatic N) is 2. The fourth-order valence-electron chi connectivity index (χ4n) is 3.44. The van der Waals surface area contributed by atoms with Gasteiger partial charge < -0.3 is 10.1 Å². The summed E-state index contributed by atoms with van der Waals surface area (Å²) < 4.78 is 32.9. The molecule has 3 aromatic carbocycles. The number of carbonyl (C=O) groups is 1. The zero-order chi connectivity index (χ0) is 22.7. The molecule has 0 aliphatic carbocycles. The number of sulfonamides is 1. The van der Waals surface area contributed by atoms with Gasteiger partial charge in [0.2, 0.25) is 0 Å². The molecule has 1 N–H and O–H groups in total. The van der Waals surface area contributed by atoms with Crippen LogP contribution in [0.1, 0.15) is 5.56 Å². The second kappa shape index (κ2) is 8.67. The number of ether oxygens (including phenoxy) is 1. The molecule has 0 bridgehead atoms. The fraction of sp³-hybridized carbons (Fsp3) is 0.136. The first-order chi connectivity index (χ1) is 15.3. The predicted octanol–water partition coefficient (Wildman–Crippen LogP) is 3.36. The van der Waals surface area contributed by atoms with Crippen molar-refractivity contribution in [1.29, 1.82) is 0 Å². The van der Waals surface area contributed by atoms with Crippen LogP contribution < -0.4 is 14.4 Å². The number of amides is 1. The summed E-state index contributed by atoms with van der Waals surface area (Å²) in [6.45, 7) is 0.0477. The average Bonchev–Trinajstić information content (AvgIpc) is 3.23. The number of non-ortho nitro benzene ring substituents is 1. The van der Waals surface area contributed by atoms with Gasteiger partial charge in [-0.3, -0.25) is 19.2 Å². The molecule has 9 nitrogen and oxygen atoms in total. The minimum atomic E-state index is -3.71. The number of hydrogen-bond acceptors (Lipinski definition) is 6. The molecule has 0 aromatic heterocycles. The van der Waals surface area contributed by atoms with E-state index in [1.807, 2.05) is 18.2 Å². The van der Waals surface area contributed by atoms with Crippen molar-refractivity contribution in [3.05, 3.63) is 88.5 Å². The highest BCUT2D eigenvalue weighted by molar-refractivity contribution is 7.92. The molecule has 0 radical (unpaired) electrons. The van der Waals surface area contributed by atoms with E-state index in [-0.39, 0.29) is 22.9 Å². The zero-order valence-electron chi connectivity index (χ0n) is 16.8. The lowest BCUT2D eigenvalue weighted by atomic mass is 10.2. The van der Waals surface area contributed by atoms with Crippen molar-refractivity contribution in [2.24, 2.45) is 0 Å². The van der Waals surface area contributed by atoms with Gasteiger partial charge in [0.25, 0.3) is 21.6 Å². The van der Waals surface area contributed by atoms with Crippen LogP contribution in [0.15, 0.2) is 77.7 Å². The maximum atomic E-state index is 13.0. The quantitative estimate of drug-likeness (QED) is 0.433. The number of carbonyl (C=O) groups excluding carboxylic acids is 1. The highest BCUT2D eigenvalue weighted by Gasteiger charge is 2.30. The van der Waals surface area contributed by atoms with E-state index in [2.05, 4.69) is 5.32 Å². The van der Waals surface area contributed by atoms with Gasteiger partial charge in [-0.25, -0.2) is 8.42 Å². The van der Waals surface area contributed by atoms with E-state index in [4.69, 9.17) is 4.74 Å². The van der Waals surface area contributed by atoms with Crippen molar-refractivity contribution >= 4 is 33.0 Å². The van der Waals surface area contributed by atoms with Gasteiger partial charge in [-0.15, -0.1) is 0 Å². The van der Waals surface area contributed by atoms with E-state index in [1.165, 1.54) is 52.8 Å². The third-order valence-electron chi connectivity index (χ3n) is 4.97. The Morgan fingerprint density at radius 3 is 2.56 bits per heavy atom. The summed E-state index contributed by atoms with van der Waals surface area (Å²) in [6.07, 6.45) is 0.663. The number of para-hydroxylation sites is 1. The van der Waals surface area contributed by atoms with Crippen LogP contribution in [0.2, 0.25) is 0 Å². The molecular weight excluding hydrogens is 434 g/mol. The normalized spacial score (nSPS) is 12.8. The van der Waals surface area contributed by atoms with E-state index >= 15 is 0 Å². The number of nitro benzene ring substituents is 1. The molecule has 0 fully saturated rings. The lowest BCUT2D eigenvalue weighted by molar-refractivity contribution is -0.384. The smallest absolute Gasteiger partial charge is 0.271 e. The van der Waals surface area contributed by atoms with Crippen LogP contribution >= 0.6 is 0 Å². The average molecular weight is 453 g/mol. The number of hydrogen-bond donors (Lipinski definition) is 1. The molecule has 3 aromatic rings. The highest BCUT2D eigenvalue weighted by atomic mass is 32.2. The molecule has 10 heteroatoms. The number of fused-ring (bicyclic) bond motifs is 1. The van der Waals surface area contributed by atoms with Crippen LogP contribution in [0.4, 0.5) is 17.1 Å². The van der Waals surface area contributed by atoms with Crippen molar-refractivity contribution in [3.63, 3.8) is 0 Å². The topological polar surface area (TPSA) is 119 Å². The Morgan fingerprint density at radius 2 is 1.81 bits per heavy atom. The first-order valence-electron chi connectivity index (χ1n) is 9.72. The Labute approximate surface area is 184 Å². The fourth-order valence-corrected chi connectivity index (χ4v) is 4.94. The van der Waals surface area contributed by atoms with Crippen molar-refractivity contribution in [2.75, 3.05) is 22.8 Å². The van der Waals surface area contributed by atoms with Gasteiger partial charge in [0.05, 0.1) is 15.5 Å². The van der Waals surface area contributed by atoms with Crippen molar-refractivity contribution in [3.8, 4) is 5.75 Å². The molecule has 0 saturated heterocycles. The summed E-state index contributed by atoms with van der Waals surface area (Å²) in [5.74, 6) is -0.184. The molecular formula is C22H19N3O6S. The number of nitro groups is 1. The molecule has 1 aliphatic rings. The van der Waals surface area contributed by atoms with Gasteiger partial charge in [-0.1, -0.05) is 24.3 Å². The summed E-state index contributed by atoms with van der Waals surface area (Å²) in [5.41, 5.74) is 1.82. The van der Waals surface area contributed by atoms with Crippen molar-refractivity contribution in [1.82, 2.24) is 0 Å². The molecule has 1 aliphatic heterocycles. The maximum absolute atomic E-state index is 13.0. The Bertz CT molecular complexity index is 1270. The van der Waals surface area contributed by atoms with E-state index in [1.54, 1.807) is 6.07 Å². The number of benzene rings is 3. The van der Waals surface area contributed by atoms with E-state index < -0.39 is 20.9 Å². The lowest BCUT2D eigenvalue weighted by Gasteiger charge is -2.19. The molecule has 164 valence electrons. The van der Waals surface area contributed by atoms with Crippen LogP contribution in [-0.2, 0) is 21.2 Å². The summed E-state index contributed by atoms with van der Waals surface area (Å²) in [5, 5.41) is 13.3. The van der Waals surface area contributed by atoms with Crippen LogP contribution in [0.3, 0.4) is 0 Å². The second-order valence-electron chi connectivity index (χ2n) is 7.07. The lowest BCUT2D eigenvalue weighted by Crippen LogP contribution is -2.29. The van der Waals surface area contributed by atoms with Crippen LogP contribution in [-0.4, -0.2) is 32.4 Å². The minimum Gasteiger partial charge on any atom is -0.484 e. The Morgan fingerprint density at radius 1 is 1.06 bits per heavy atom. The van der Waals surface area contributed by atoms with Gasteiger partial charge >= 0.3 is 0 Å². The summed E-state index contributed by atoms with van der Waals surface area (Å²) >= 11 is 0. The third kappa shape index (κ3) is 4.40. The monoisotopic (exact) mass is 453 g/mol. The molecule has 0 spiro atoms. The van der Waals surface area contributed by atoms with Gasteiger partial charge in [0.15, 0.2) is 6.61 Å². The zero-order valence-corrected chi connectivity index (χ0v) is 17.6. The Balaban J connectivity index is 1.38. The highest BCUT2D eigenvalue weighted by Crippen LogP contribution is 2.33. The second-order valence-corrected chi connectivity index (χ2v) is 8.93. The Kier molecular flexibility index (Phi) is 5.78. The first-order valence-corrected chi connectivity index (χ1v) is 11.2. The first kappa shape index (κ1) is 21.3. The number of rotatable bonds is 7. The van der Waals surface area contributed by atoms with E-state index in [0.717, 1.165) is 5.56 Å². The molecule has 4 rings (SSSR count). The predicted molar refractivity (Wildman–Crippen MR) is 118 cm³/mol. The molecule has 1 heterocycles. The summed E-state index contributed by atoms with van der Waals surface area (Å²) in [4.78, 5) is 22.5. The minimum absolute atomic E-state index is 0.127. The summed E-state index contributed by atoms with van der Waals surface area (Å²) in [7, 11) is -3.71.